The Kier molecular flexibility index (Phi) is 4.78. The van der Waals surface area contributed by atoms with E-state index in [1.807, 2.05) is 48.5 Å². The summed E-state index contributed by atoms with van der Waals surface area (Å²) in [6.07, 6.45) is 0.0711. The van der Waals surface area contributed by atoms with Crippen molar-refractivity contribution in [1.82, 2.24) is 4.98 Å². The van der Waals surface area contributed by atoms with Gasteiger partial charge in [-0.2, -0.15) is 0 Å². The first kappa shape index (κ1) is 19.7. The molecule has 0 spiro atoms. The predicted octanol–water partition coefficient (Wildman–Crippen LogP) is 5.43. The molecule has 0 bridgehead atoms. The van der Waals surface area contributed by atoms with Gasteiger partial charge < -0.3 is 9.84 Å². The number of halogens is 1. The number of hydrogen-bond donors (Lipinski definition) is 2. The zero-order valence-corrected chi connectivity index (χ0v) is 16.7. The van der Waals surface area contributed by atoms with Gasteiger partial charge in [-0.15, -0.1) is 0 Å². The molecule has 6 nitrogen and oxygen atoms in total. The molecular formula is C25H17FN2O4. The van der Waals surface area contributed by atoms with E-state index in [1.165, 1.54) is 18.2 Å². The van der Waals surface area contributed by atoms with Crippen LogP contribution >= 0.6 is 0 Å². The van der Waals surface area contributed by atoms with Gasteiger partial charge in [0.1, 0.15) is 6.61 Å². The number of carboxylic acids is 1. The lowest BCUT2D eigenvalue weighted by Gasteiger charge is -2.15. The molecular weight excluding hydrogens is 411 g/mol. The van der Waals surface area contributed by atoms with E-state index in [9.17, 15) is 19.1 Å². The quantitative estimate of drug-likeness (QED) is 0.452. The number of amides is 1. The Hall–Kier alpha value is -4.26. The Bertz CT molecular complexity index is 1340. The summed E-state index contributed by atoms with van der Waals surface area (Å²) < 4.78 is 20.0. The van der Waals surface area contributed by atoms with Gasteiger partial charge in [0.15, 0.2) is 11.5 Å². The van der Waals surface area contributed by atoms with E-state index < -0.39 is 17.9 Å². The molecule has 0 saturated carbocycles. The minimum Gasteiger partial charge on any atom is -0.476 e. The molecule has 0 radical (unpaired) electrons. The van der Waals surface area contributed by atoms with Crippen molar-refractivity contribution in [2.45, 2.75) is 5.92 Å². The second kappa shape index (κ2) is 7.77. The lowest BCUT2D eigenvalue weighted by molar-refractivity contribution is 0.0692. The fourth-order valence-corrected chi connectivity index (χ4v) is 4.28. The zero-order chi connectivity index (χ0) is 22.2. The Morgan fingerprint density at radius 3 is 2.28 bits per heavy atom. The Morgan fingerprint density at radius 1 is 0.969 bits per heavy atom. The molecule has 4 aromatic rings. The fraction of sp³-hybridized carbons (Fsp3) is 0.0800. The normalized spacial score (nSPS) is 12.3. The Morgan fingerprint density at radius 2 is 1.62 bits per heavy atom. The van der Waals surface area contributed by atoms with Crippen LogP contribution in [0.25, 0.3) is 21.9 Å². The van der Waals surface area contributed by atoms with Gasteiger partial charge in [-0.1, -0.05) is 60.7 Å². The third-order valence-electron chi connectivity index (χ3n) is 5.65. The molecule has 1 aliphatic rings. The summed E-state index contributed by atoms with van der Waals surface area (Å²) >= 11 is 0. The van der Waals surface area contributed by atoms with Crippen molar-refractivity contribution in [3.63, 3.8) is 0 Å². The number of nitrogens with zero attached hydrogens (tertiary/aromatic N) is 1. The molecule has 5 rings (SSSR count). The van der Waals surface area contributed by atoms with E-state index in [2.05, 4.69) is 10.3 Å². The highest BCUT2D eigenvalue weighted by Crippen LogP contribution is 2.44. The predicted molar refractivity (Wildman–Crippen MR) is 117 cm³/mol. The number of aromatic carboxylic acids is 1. The number of carboxylic acid groups (broad SMARTS) is 1. The molecule has 0 fully saturated rings. The fourth-order valence-electron chi connectivity index (χ4n) is 4.28. The molecule has 1 aliphatic carbocycles. The number of carbonyl (C=O) groups excluding carboxylic acids is 1. The average Bonchev–Trinajstić information content (AvgIpc) is 3.11. The van der Waals surface area contributed by atoms with Crippen molar-refractivity contribution in [3.8, 4) is 11.1 Å². The number of pyridine rings is 1. The van der Waals surface area contributed by atoms with Crippen molar-refractivity contribution in [3.05, 3.63) is 95.6 Å². The molecule has 1 aromatic heterocycles. The summed E-state index contributed by atoms with van der Waals surface area (Å²) in [6.45, 7) is 0.106. The van der Waals surface area contributed by atoms with E-state index in [-0.39, 0.29) is 34.7 Å². The van der Waals surface area contributed by atoms with Crippen molar-refractivity contribution in [1.29, 1.82) is 0 Å². The van der Waals surface area contributed by atoms with Gasteiger partial charge >= 0.3 is 12.1 Å². The summed E-state index contributed by atoms with van der Waals surface area (Å²) in [5, 5.41) is 11.9. The second-order valence-corrected chi connectivity index (χ2v) is 7.44. The van der Waals surface area contributed by atoms with Crippen LogP contribution in [0.15, 0.2) is 72.9 Å². The maximum absolute atomic E-state index is 14.5. The molecule has 1 amide bonds. The van der Waals surface area contributed by atoms with Crippen molar-refractivity contribution >= 4 is 28.5 Å². The van der Waals surface area contributed by atoms with Gasteiger partial charge in [0.2, 0.25) is 0 Å². The highest BCUT2D eigenvalue weighted by atomic mass is 19.1. The van der Waals surface area contributed by atoms with Crippen LogP contribution in [0.1, 0.15) is 27.5 Å². The minimum atomic E-state index is -1.28. The van der Waals surface area contributed by atoms with Gasteiger partial charge in [0.05, 0.1) is 11.9 Å². The summed E-state index contributed by atoms with van der Waals surface area (Å²) in [6, 6.07) is 20.4. The molecule has 7 heteroatoms. The van der Waals surface area contributed by atoms with E-state index in [0.717, 1.165) is 28.5 Å². The van der Waals surface area contributed by atoms with Crippen LogP contribution in [-0.2, 0) is 4.74 Å². The van der Waals surface area contributed by atoms with Crippen molar-refractivity contribution in [2.75, 3.05) is 11.9 Å². The first-order chi connectivity index (χ1) is 15.5. The Labute approximate surface area is 182 Å². The van der Waals surface area contributed by atoms with Crippen LogP contribution in [0.3, 0.4) is 0 Å². The van der Waals surface area contributed by atoms with E-state index in [0.29, 0.717) is 0 Å². The van der Waals surface area contributed by atoms with Gasteiger partial charge in [-0.3, -0.25) is 5.32 Å². The van der Waals surface area contributed by atoms with Gasteiger partial charge in [-0.05, 0) is 28.3 Å². The summed E-state index contributed by atoms with van der Waals surface area (Å²) in [5.74, 6) is -2.13. The molecule has 32 heavy (non-hydrogen) atoms. The standard InChI is InChI=1S/C25H17FN2O4/c26-20-12-27-23(24(29)30)18-10-5-11-21(22(18)20)28-25(31)32-13-19-16-8-3-1-6-14(16)15-7-2-4-9-17(15)19/h1-12,19H,13H2,(H,28,31)(H,29,30). The van der Waals surface area contributed by atoms with Crippen LogP contribution in [0.2, 0.25) is 0 Å². The number of ether oxygens (including phenoxy) is 1. The summed E-state index contributed by atoms with van der Waals surface area (Å²) in [5.41, 5.74) is 4.20. The van der Waals surface area contributed by atoms with E-state index >= 15 is 0 Å². The van der Waals surface area contributed by atoms with Gasteiger partial charge in [0.25, 0.3) is 0 Å². The Balaban J connectivity index is 1.39. The number of benzene rings is 3. The van der Waals surface area contributed by atoms with Crippen LogP contribution in [0.4, 0.5) is 14.9 Å². The van der Waals surface area contributed by atoms with Gasteiger partial charge in [0, 0.05) is 16.7 Å². The molecule has 3 aromatic carbocycles. The van der Waals surface area contributed by atoms with Crippen LogP contribution in [0, 0.1) is 5.82 Å². The first-order valence-corrected chi connectivity index (χ1v) is 9.97. The van der Waals surface area contributed by atoms with Crippen LogP contribution < -0.4 is 5.32 Å². The molecule has 2 N–H and O–H groups in total. The molecule has 1 heterocycles. The lowest BCUT2D eigenvalue weighted by Crippen LogP contribution is -2.18. The summed E-state index contributed by atoms with van der Waals surface area (Å²) in [4.78, 5) is 27.6. The largest absolute Gasteiger partial charge is 0.476 e. The molecule has 0 atom stereocenters. The average molecular weight is 428 g/mol. The lowest BCUT2D eigenvalue weighted by atomic mass is 9.98. The van der Waals surface area contributed by atoms with E-state index in [4.69, 9.17) is 4.74 Å². The smallest absolute Gasteiger partial charge is 0.411 e. The third kappa shape index (κ3) is 3.24. The van der Waals surface area contributed by atoms with Gasteiger partial charge in [-0.25, -0.2) is 19.0 Å². The molecule has 158 valence electrons. The van der Waals surface area contributed by atoms with Crippen LogP contribution in [-0.4, -0.2) is 28.8 Å². The molecule has 0 unspecified atom stereocenters. The number of fused-ring (bicyclic) bond motifs is 4. The topological polar surface area (TPSA) is 88.5 Å². The second-order valence-electron chi connectivity index (χ2n) is 7.44. The molecule has 0 saturated heterocycles. The maximum Gasteiger partial charge on any atom is 0.411 e. The number of hydrogen-bond acceptors (Lipinski definition) is 4. The third-order valence-corrected chi connectivity index (χ3v) is 5.65. The molecule has 0 aliphatic heterocycles. The number of aromatic nitrogens is 1. The van der Waals surface area contributed by atoms with Crippen molar-refractivity contribution in [2.24, 2.45) is 0 Å². The van der Waals surface area contributed by atoms with Crippen LogP contribution in [0.5, 0.6) is 0 Å². The maximum atomic E-state index is 14.5. The SMILES string of the molecule is O=C(Nc1cccc2c(C(=O)O)ncc(F)c12)OCC1c2ccccc2-c2ccccc21. The number of nitrogens with one attached hydrogen (secondary N) is 1. The number of anilines is 1. The zero-order valence-electron chi connectivity index (χ0n) is 16.7. The minimum absolute atomic E-state index is 0.0339. The highest BCUT2D eigenvalue weighted by molar-refractivity contribution is 6.08. The highest BCUT2D eigenvalue weighted by Gasteiger charge is 2.29. The van der Waals surface area contributed by atoms with E-state index in [1.54, 1.807) is 0 Å². The first-order valence-electron chi connectivity index (χ1n) is 9.97. The van der Waals surface area contributed by atoms with Crippen molar-refractivity contribution < 1.29 is 23.8 Å². The monoisotopic (exact) mass is 428 g/mol. The number of rotatable bonds is 4. The number of carbonyl (C=O) groups is 2. The summed E-state index contributed by atoms with van der Waals surface area (Å²) in [7, 11) is 0.